The normalized spacial score (nSPS) is 14.6. The minimum absolute atomic E-state index is 0.168. The van der Waals surface area contributed by atoms with E-state index in [1.807, 2.05) is 57.3 Å². The Morgan fingerprint density at radius 2 is 1.77 bits per heavy atom. The number of hydrogen-bond acceptors (Lipinski definition) is 4. The molecule has 1 aliphatic heterocycles. The zero-order chi connectivity index (χ0) is 22.1. The number of aryl methyl sites for hydroxylation is 2. The van der Waals surface area contributed by atoms with E-state index in [1.54, 1.807) is 22.4 Å². The standard InChI is InChI=1S/C24H29N5O2/c1-16-12-15-29(17(2)19-10-6-5-7-11-19)24(31)20(16)23(30)25-21-18(3)27(4)26-22(21)28-13-8-9-14-28/h5-7,10-12,15,17H,8-9,13-14H2,1-4H3,(H,25,30). The SMILES string of the molecule is Cc1ccn(C(C)c2ccccc2)c(=O)c1C(=O)Nc1c(N2CCCC2)nn(C)c1C. The molecular formula is C24H29N5O2. The number of nitrogens with zero attached hydrogens (tertiary/aromatic N) is 4. The predicted octanol–water partition coefficient (Wildman–Crippen LogP) is 3.66. The molecule has 2 aromatic heterocycles. The van der Waals surface area contributed by atoms with E-state index in [-0.39, 0.29) is 17.2 Å². The molecule has 3 heterocycles. The molecule has 31 heavy (non-hydrogen) atoms. The molecule has 1 unspecified atom stereocenters. The first-order valence-electron chi connectivity index (χ1n) is 10.7. The molecule has 0 bridgehead atoms. The number of benzene rings is 1. The fraction of sp³-hybridized carbons (Fsp3) is 0.375. The zero-order valence-electron chi connectivity index (χ0n) is 18.6. The van der Waals surface area contributed by atoms with Crippen molar-refractivity contribution in [2.75, 3.05) is 23.3 Å². The fourth-order valence-electron chi connectivity index (χ4n) is 4.18. The highest BCUT2D eigenvalue weighted by atomic mass is 16.2. The number of carbonyl (C=O) groups is 1. The van der Waals surface area contributed by atoms with Crippen molar-refractivity contribution in [2.24, 2.45) is 7.05 Å². The number of nitrogens with one attached hydrogen (secondary N) is 1. The first-order valence-corrected chi connectivity index (χ1v) is 10.7. The molecule has 4 rings (SSSR count). The minimum Gasteiger partial charge on any atom is -0.353 e. The van der Waals surface area contributed by atoms with E-state index in [9.17, 15) is 9.59 Å². The minimum atomic E-state index is -0.395. The number of carbonyl (C=O) groups excluding carboxylic acids is 1. The van der Waals surface area contributed by atoms with Gasteiger partial charge >= 0.3 is 0 Å². The number of hydrogen-bond donors (Lipinski definition) is 1. The summed E-state index contributed by atoms with van der Waals surface area (Å²) in [5.41, 5.74) is 3.09. The Hall–Kier alpha value is -3.35. The maximum absolute atomic E-state index is 13.3. The summed E-state index contributed by atoms with van der Waals surface area (Å²) in [4.78, 5) is 28.8. The Bertz CT molecular complexity index is 1160. The zero-order valence-corrected chi connectivity index (χ0v) is 18.6. The molecule has 0 spiro atoms. The smallest absolute Gasteiger partial charge is 0.264 e. The fourth-order valence-corrected chi connectivity index (χ4v) is 4.18. The summed E-state index contributed by atoms with van der Waals surface area (Å²) in [7, 11) is 1.87. The lowest BCUT2D eigenvalue weighted by Crippen LogP contribution is -2.32. The number of pyridine rings is 1. The van der Waals surface area contributed by atoms with Gasteiger partial charge in [-0.1, -0.05) is 30.3 Å². The Morgan fingerprint density at radius 3 is 2.45 bits per heavy atom. The maximum atomic E-state index is 13.3. The molecule has 1 aliphatic rings. The third-order valence-corrected chi connectivity index (χ3v) is 6.21. The lowest BCUT2D eigenvalue weighted by Gasteiger charge is -2.19. The van der Waals surface area contributed by atoms with Crippen LogP contribution >= 0.6 is 0 Å². The van der Waals surface area contributed by atoms with Crippen molar-refractivity contribution >= 4 is 17.4 Å². The van der Waals surface area contributed by atoms with Crippen molar-refractivity contribution in [1.29, 1.82) is 0 Å². The lowest BCUT2D eigenvalue weighted by atomic mass is 10.1. The van der Waals surface area contributed by atoms with Crippen LogP contribution in [-0.4, -0.2) is 33.3 Å². The van der Waals surface area contributed by atoms with Crippen molar-refractivity contribution in [3.63, 3.8) is 0 Å². The summed E-state index contributed by atoms with van der Waals surface area (Å²) in [6.45, 7) is 7.53. The molecule has 162 valence electrons. The van der Waals surface area contributed by atoms with E-state index in [0.29, 0.717) is 11.3 Å². The van der Waals surface area contributed by atoms with Crippen LogP contribution in [0.2, 0.25) is 0 Å². The molecule has 7 nitrogen and oxygen atoms in total. The van der Waals surface area contributed by atoms with Gasteiger partial charge in [-0.05, 0) is 50.8 Å². The largest absolute Gasteiger partial charge is 0.353 e. The number of aromatic nitrogens is 3. The molecule has 1 aromatic carbocycles. The van der Waals surface area contributed by atoms with Gasteiger partial charge in [0.05, 0.1) is 11.7 Å². The van der Waals surface area contributed by atoms with Gasteiger partial charge in [0.2, 0.25) is 0 Å². The van der Waals surface area contributed by atoms with Crippen molar-refractivity contribution < 1.29 is 4.79 Å². The van der Waals surface area contributed by atoms with Crippen LogP contribution < -0.4 is 15.8 Å². The summed E-state index contributed by atoms with van der Waals surface area (Å²) < 4.78 is 3.39. The van der Waals surface area contributed by atoms with E-state index >= 15 is 0 Å². The van der Waals surface area contributed by atoms with E-state index < -0.39 is 5.91 Å². The Morgan fingerprint density at radius 1 is 1.10 bits per heavy atom. The predicted molar refractivity (Wildman–Crippen MR) is 123 cm³/mol. The van der Waals surface area contributed by atoms with E-state index in [2.05, 4.69) is 15.3 Å². The summed E-state index contributed by atoms with van der Waals surface area (Å²) in [5.74, 6) is 0.381. The van der Waals surface area contributed by atoms with Crippen molar-refractivity contribution in [3.05, 3.63) is 75.3 Å². The van der Waals surface area contributed by atoms with Gasteiger partial charge in [-0.25, -0.2) is 0 Å². The highest BCUT2D eigenvalue weighted by molar-refractivity contribution is 6.06. The molecule has 1 N–H and O–H groups in total. The average molecular weight is 420 g/mol. The highest BCUT2D eigenvalue weighted by Gasteiger charge is 2.25. The number of amides is 1. The molecule has 7 heteroatoms. The van der Waals surface area contributed by atoms with Crippen LogP contribution in [0.4, 0.5) is 11.5 Å². The van der Waals surface area contributed by atoms with Crippen molar-refractivity contribution in [2.45, 2.75) is 39.7 Å². The van der Waals surface area contributed by atoms with Crippen LogP contribution in [0.3, 0.4) is 0 Å². The van der Waals surface area contributed by atoms with E-state index in [0.717, 1.165) is 43.0 Å². The Kier molecular flexibility index (Phi) is 5.67. The second-order valence-electron chi connectivity index (χ2n) is 8.23. The van der Waals surface area contributed by atoms with Gasteiger partial charge in [0.1, 0.15) is 11.3 Å². The summed E-state index contributed by atoms with van der Waals surface area (Å²) in [5, 5.41) is 7.62. The molecule has 0 radical (unpaired) electrons. The molecule has 1 fully saturated rings. The van der Waals surface area contributed by atoms with Crippen molar-refractivity contribution in [3.8, 4) is 0 Å². The van der Waals surface area contributed by atoms with Crippen LogP contribution in [0.5, 0.6) is 0 Å². The average Bonchev–Trinajstić information content (AvgIpc) is 3.38. The van der Waals surface area contributed by atoms with Crippen molar-refractivity contribution in [1.82, 2.24) is 14.3 Å². The monoisotopic (exact) mass is 419 g/mol. The van der Waals surface area contributed by atoms with Crippen LogP contribution in [-0.2, 0) is 7.05 Å². The third kappa shape index (κ3) is 3.87. The molecule has 3 aromatic rings. The highest BCUT2D eigenvalue weighted by Crippen LogP contribution is 2.31. The second kappa shape index (κ2) is 8.41. The van der Waals surface area contributed by atoms with Gasteiger partial charge in [0.25, 0.3) is 11.5 Å². The van der Waals surface area contributed by atoms with Gasteiger partial charge in [-0.3, -0.25) is 14.3 Å². The third-order valence-electron chi connectivity index (χ3n) is 6.21. The Balaban J connectivity index is 1.70. The van der Waals surface area contributed by atoms with Gasteiger partial charge in [0, 0.05) is 26.3 Å². The van der Waals surface area contributed by atoms with Crippen LogP contribution in [0, 0.1) is 13.8 Å². The maximum Gasteiger partial charge on any atom is 0.264 e. The van der Waals surface area contributed by atoms with E-state index in [1.165, 1.54) is 0 Å². The van der Waals surface area contributed by atoms with E-state index in [4.69, 9.17) is 0 Å². The van der Waals surface area contributed by atoms with Crippen LogP contribution in [0.1, 0.15) is 53.0 Å². The Labute approximate surface area is 182 Å². The van der Waals surface area contributed by atoms with Gasteiger partial charge < -0.3 is 14.8 Å². The summed E-state index contributed by atoms with van der Waals surface area (Å²) >= 11 is 0. The quantitative estimate of drug-likeness (QED) is 0.685. The lowest BCUT2D eigenvalue weighted by molar-refractivity contribution is 0.102. The second-order valence-corrected chi connectivity index (χ2v) is 8.23. The molecule has 1 saturated heterocycles. The molecule has 0 aliphatic carbocycles. The summed E-state index contributed by atoms with van der Waals surface area (Å²) in [6.07, 6.45) is 3.99. The summed E-state index contributed by atoms with van der Waals surface area (Å²) in [6, 6.07) is 11.5. The molecule has 0 saturated carbocycles. The van der Waals surface area contributed by atoms with Crippen LogP contribution in [0.25, 0.3) is 0 Å². The van der Waals surface area contributed by atoms with Crippen LogP contribution in [0.15, 0.2) is 47.4 Å². The number of rotatable bonds is 5. The van der Waals surface area contributed by atoms with Gasteiger partial charge in [-0.2, -0.15) is 5.10 Å². The topological polar surface area (TPSA) is 72.2 Å². The molecule has 1 atom stereocenters. The van der Waals surface area contributed by atoms with Gasteiger partial charge in [0.15, 0.2) is 5.82 Å². The molecule has 1 amide bonds. The first kappa shape index (κ1) is 20.9. The first-order chi connectivity index (χ1) is 14.9. The molecular weight excluding hydrogens is 390 g/mol. The number of anilines is 2. The van der Waals surface area contributed by atoms with Gasteiger partial charge in [-0.15, -0.1) is 0 Å².